The maximum Gasteiger partial charge on any atom is 0.323 e. The maximum absolute atomic E-state index is 12.1. The van der Waals surface area contributed by atoms with Crippen LogP contribution in [0.1, 0.15) is 155 Å². The van der Waals surface area contributed by atoms with E-state index in [1.165, 1.54) is 116 Å². The molecule has 17 nitrogen and oxygen atoms in total. The number of rotatable bonds is 62. The highest BCUT2D eigenvalue weighted by Gasteiger charge is 2.17. The third kappa shape index (κ3) is 59.0. The van der Waals surface area contributed by atoms with E-state index in [1.54, 1.807) is 0 Å². The average Bonchev–Trinajstić information content (AvgIpc) is 3.36. The maximum atomic E-state index is 12.1. The highest BCUT2D eigenvalue weighted by Crippen LogP contribution is 2.12. The molecule has 0 aliphatic carbocycles. The number of nitrogens with two attached hydrogens (primary N) is 1. The minimum Gasteiger partial charge on any atom is -0.463 e. The molecule has 0 rings (SSSR count). The molecule has 0 amide bonds. The van der Waals surface area contributed by atoms with E-state index in [-0.39, 0.29) is 39.3 Å². The summed E-state index contributed by atoms with van der Waals surface area (Å²) in [5, 5.41) is 0. The van der Waals surface area contributed by atoms with Gasteiger partial charge in [0.2, 0.25) is 0 Å². The minimum atomic E-state index is -0.938. The molecule has 418 valence electrons. The molecular weight excluding hydrogens is 907 g/mol. The summed E-state index contributed by atoms with van der Waals surface area (Å²) in [5.41, 5.74) is 5.87. The molecule has 0 aromatic rings. The summed E-state index contributed by atoms with van der Waals surface area (Å²) in [6.07, 6.45) is 26.6. The third-order valence-electron chi connectivity index (χ3n) is 10.9. The van der Waals surface area contributed by atoms with Gasteiger partial charge in [0.1, 0.15) is 19.3 Å². The van der Waals surface area contributed by atoms with Gasteiger partial charge in [0.15, 0.2) is 0 Å². The van der Waals surface area contributed by atoms with Gasteiger partial charge in [-0.2, -0.15) is 0 Å². The van der Waals surface area contributed by atoms with Crippen LogP contribution in [0.15, 0.2) is 0 Å². The van der Waals surface area contributed by atoms with Gasteiger partial charge in [0, 0.05) is 19.6 Å². The number of hydrogen-bond acceptors (Lipinski definition) is 17. The molecule has 0 radical (unpaired) electrons. The normalized spacial score (nSPS) is 12.0. The quantitative estimate of drug-likeness (QED) is 0.0453. The van der Waals surface area contributed by atoms with Crippen LogP contribution in [0.25, 0.3) is 0 Å². The van der Waals surface area contributed by atoms with E-state index in [0.717, 1.165) is 26.1 Å². The summed E-state index contributed by atoms with van der Waals surface area (Å²) in [7, 11) is 0. The van der Waals surface area contributed by atoms with Crippen molar-refractivity contribution in [1.82, 2.24) is 0 Å². The molecule has 0 bridgehead atoms. The molecule has 0 aliphatic heterocycles. The summed E-state index contributed by atoms with van der Waals surface area (Å²) in [6.45, 7) is 16.4. The zero-order chi connectivity index (χ0) is 50.6. The van der Waals surface area contributed by atoms with Gasteiger partial charge in [0.25, 0.3) is 0 Å². The summed E-state index contributed by atoms with van der Waals surface area (Å²) in [4.78, 5) is 24.2. The Labute approximate surface area is 425 Å². The molecule has 0 aromatic heterocycles. The van der Waals surface area contributed by atoms with Crippen LogP contribution >= 0.6 is 0 Å². The predicted octanol–water partition coefficient (Wildman–Crippen LogP) is 8.22. The Kier molecular flexibility index (Phi) is 60.3. The number of hydrogen-bond donors (Lipinski definition) is 1. The minimum absolute atomic E-state index is 0.0114. The molecule has 0 aromatic carbocycles. The molecule has 0 heterocycles. The van der Waals surface area contributed by atoms with Gasteiger partial charge in [-0.05, 0) is 19.3 Å². The largest absolute Gasteiger partial charge is 0.463 e. The molecule has 1 unspecified atom stereocenters. The van der Waals surface area contributed by atoms with Crippen molar-refractivity contribution in [3.8, 4) is 0 Å². The van der Waals surface area contributed by atoms with Crippen LogP contribution < -0.4 is 5.73 Å². The van der Waals surface area contributed by atoms with Crippen molar-refractivity contribution in [3.05, 3.63) is 0 Å². The number of carbonyl (C=O) groups is 2. The molecule has 0 spiro atoms. The van der Waals surface area contributed by atoms with Crippen LogP contribution in [0.4, 0.5) is 0 Å². The lowest BCUT2D eigenvalue weighted by Gasteiger charge is -2.12. The molecule has 0 saturated heterocycles. The second-order valence-electron chi connectivity index (χ2n) is 17.2. The van der Waals surface area contributed by atoms with Crippen LogP contribution in [0.3, 0.4) is 0 Å². The van der Waals surface area contributed by atoms with E-state index in [4.69, 9.17) is 72.0 Å². The Morgan fingerprint density at radius 3 is 0.771 bits per heavy atom. The first-order chi connectivity index (χ1) is 34.6. The van der Waals surface area contributed by atoms with Crippen molar-refractivity contribution >= 4 is 11.9 Å². The van der Waals surface area contributed by atoms with Gasteiger partial charge in [-0.3, -0.25) is 9.59 Å². The molecule has 0 aliphatic rings. The second-order valence-corrected chi connectivity index (χ2v) is 17.2. The van der Waals surface area contributed by atoms with E-state index < -0.39 is 18.0 Å². The van der Waals surface area contributed by atoms with E-state index in [1.807, 2.05) is 0 Å². The van der Waals surface area contributed by atoms with Crippen LogP contribution in [0.5, 0.6) is 0 Å². The van der Waals surface area contributed by atoms with Gasteiger partial charge in [-0.25, -0.2) is 0 Å². The summed E-state index contributed by atoms with van der Waals surface area (Å²) in [6, 6.07) is -0.938. The number of ether oxygens (including phenoxy) is 14. The SMILES string of the molecule is CCCCCCCCCCCCOCCOCCOCCOCCOCCOCCOC(=O)CCC(N)C(=O)OCCOCCOCCOCCOCCOCCOCCCCCCCCCCCC. The number of carbonyl (C=O) groups excluding carboxylic acids is 2. The van der Waals surface area contributed by atoms with Crippen LogP contribution in [0.2, 0.25) is 0 Å². The fourth-order valence-corrected chi connectivity index (χ4v) is 6.77. The molecule has 70 heavy (non-hydrogen) atoms. The monoisotopic (exact) mass is 1010 g/mol. The highest BCUT2D eigenvalue weighted by molar-refractivity contribution is 5.77. The Morgan fingerprint density at radius 2 is 0.500 bits per heavy atom. The van der Waals surface area contributed by atoms with Crippen molar-refractivity contribution in [3.63, 3.8) is 0 Å². The zero-order valence-corrected chi connectivity index (χ0v) is 44.6. The standard InChI is InChI=1S/C53H105NO16/c1-3-5-7-9-11-13-15-17-19-21-25-57-27-29-59-31-33-61-35-37-63-39-41-65-43-45-67-47-49-69-52(55)24-23-51(54)53(56)70-50-48-68-46-44-66-42-40-64-38-36-62-34-32-60-30-28-58-26-22-20-18-16-14-12-10-8-6-4-2/h51H,3-50,54H2,1-2H3. The van der Waals surface area contributed by atoms with Gasteiger partial charge in [0.05, 0.1) is 145 Å². The van der Waals surface area contributed by atoms with Crippen LogP contribution in [-0.4, -0.2) is 190 Å². The van der Waals surface area contributed by atoms with E-state index in [0.29, 0.717) is 132 Å². The van der Waals surface area contributed by atoms with E-state index in [2.05, 4.69) is 13.8 Å². The second kappa shape index (κ2) is 61.7. The average molecular weight is 1010 g/mol. The molecule has 2 N–H and O–H groups in total. The fraction of sp³-hybridized carbons (Fsp3) is 0.962. The van der Waals surface area contributed by atoms with E-state index >= 15 is 0 Å². The summed E-state index contributed by atoms with van der Waals surface area (Å²) in [5.74, 6) is -1.07. The van der Waals surface area contributed by atoms with Crippen molar-refractivity contribution in [2.45, 2.75) is 161 Å². The first-order valence-corrected chi connectivity index (χ1v) is 27.6. The fourth-order valence-electron chi connectivity index (χ4n) is 6.77. The molecule has 1 atom stereocenters. The molecular formula is C53H105NO16. The number of unbranched alkanes of at least 4 members (excludes halogenated alkanes) is 18. The van der Waals surface area contributed by atoms with Crippen molar-refractivity contribution < 1.29 is 75.9 Å². The molecule has 0 saturated carbocycles. The van der Waals surface area contributed by atoms with Crippen molar-refractivity contribution in [2.75, 3.05) is 172 Å². The Hall–Kier alpha value is -1.58. The lowest BCUT2D eigenvalue weighted by Crippen LogP contribution is -2.33. The third-order valence-corrected chi connectivity index (χ3v) is 10.9. The summed E-state index contributed by atoms with van der Waals surface area (Å²) >= 11 is 0. The number of esters is 2. The van der Waals surface area contributed by atoms with Crippen LogP contribution in [-0.2, 0) is 75.9 Å². The topological polar surface area (TPSA) is 189 Å². The van der Waals surface area contributed by atoms with Crippen molar-refractivity contribution in [1.29, 1.82) is 0 Å². The van der Waals surface area contributed by atoms with E-state index in [9.17, 15) is 9.59 Å². The predicted molar refractivity (Wildman–Crippen MR) is 273 cm³/mol. The van der Waals surface area contributed by atoms with Gasteiger partial charge in [-0.1, -0.05) is 129 Å². The zero-order valence-electron chi connectivity index (χ0n) is 44.6. The molecule has 17 heteroatoms. The van der Waals surface area contributed by atoms with Gasteiger partial charge >= 0.3 is 11.9 Å². The molecule has 0 fully saturated rings. The van der Waals surface area contributed by atoms with Gasteiger partial charge in [-0.15, -0.1) is 0 Å². The lowest BCUT2D eigenvalue weighted by molar-refractivity contribution is -0.148. The van der Waals surface area contributed by atoms with Gasteiger partial charge < -0.3 is 72.0 Å². The Balaban J connectivity index is 3.29. The smallest absolute Gasteiger partial charge is 0.323 e. The van der Waals surface area contributed by atoms with Crippen LogP contribution in [0, 0.1) is 0 Å². The summed E-state index contributed by atoms with van der Waals surface area (Å²) < 4.78 is 76.6. The first kappa shape index (κ1) is 68.4. The lowest BCUT2D eigenvalue weighted by atomic mass is 10.1. The first-order valence-electron chi connectivity index (χ1n) is 27.6. The highest BCUT2D eigenvalue weighted by atomic mass is 16.6. The van der Waals surface area contributed by atoms with Crippen molar-refractivity contribution in [2.24, 2.45) is 5.73 Å². The Morgan fingerprint density at radius 1 is 0.286 bits per heavy atom. The Bertz CT molecular complexity index is 1020.